The molecule has 0 atom stereocenters. The SMILES string of the molecule is CN1CCN(c2nc3cc(Cl)ccc3[nH]c2=O)CC1. The minimum absolute atomic E-state index is 0.139. The lowest BCUT2D eigenvalue weighted by molar-refractivity contribution is 0.312. The summed E-state index contributed by atoms with van der Waals surface area (Å²) < 4.78 is 0. The van der Waals surface area contributed by atoms with Crippen molar-refractivity contribution in [1.82, 2.24) is 14.9 Å². The molecule has 0 bridgehead atoms. The minimum atomic E-state index is -0.139. The number of piperazine rings is 1. The average Bonchev–Trinajstić information content (AvgIpc) is 2.40. The fourth-order valence-corrected chi connectivity index (χ4v) is 2.44. The number of fused-ring (bicyclic) bond motifs is 1. The molecule has 2 heterocycles. The van der Waals surface area contributed by atoms with Gasteiger partial charge in [0.25, 0.3) is 5.56 Å². The Morgan fingerprint density at radius 1 is 1.26 bits per heavy atom. The molecule has 1 saturated heterocycles. The third-order valence-electron chi connectivity index (χ3n) is 3.44. The third kappa shape index (κ3) is 2.43. The maximum Gasteiger partial charge on any atom is 0.291 e. The second-order valence-electron chi connectivity index (χ2n) is 4.84. The quantitative estimate of drug-likeness (QED) is 0.855. The summed E-state index contributed by atoms with van der Waals surface area (Å²) in [5.74, 6) is 0.489. The normalized spacial score (nSPS) is 17.1. The number of rotatable bonds is 1. The first-order chi connectivity index (χ1) is 9.13. The first-order valence-electron chi connectivity index (χ1n) is 6.26. The highest BCUT2D eigenvalue weighted by Crippen LogP contribution is 2.17. The summed E-state index contributed by atoms with van der Waals surface area (Å²) in [6.07, 6.45) is 0. The van der Waals surface area contributed by atoms with Gasteiger partial charge >= 0.3 is 0 Å². The van der Waals surface area contributed by atoms with Crippen LogP contribution >= 0.6 is 11.6 Å². The van der Waals surface area contributed by atoms with E-state index in [0.29, 0.717) is 16.4 Å². The second kappa shape index (κ2) is 4.83. The number of anilines is 1. The minimum Gasteiger partial charge on any atom is -0.349 e. The van der Waals surface area contributed by atoms with Gasteiger partial charge in [-0.2, -0.15) is 0 Å². The van der Waals surface area contributed by atoms with Crippen molar-refractivity contribution in [2.45, 2.75) is 0 Å². The van der Waals surface area contributed by atoms with Gasteiger partial charge in [0, 0.05) is 31.2 Å². The second-order valence-corrected chi connectivity index (χ2v) is 5.28. The van der Waals surface area contributed by atoms with Gasteiger partial charge in [-0.3, -0.25) is 4.79 Å². The highest BCUT2D eigenvalue weighted by atomic mass is 35.5. The number of aromatic amines is 1. The van der Waals surface area contributed by atoms with E-state index in [1.807, 2.05) is 4.90 Å². The Balaban J connectivity index is 2.03. The molecule has 0 saturated carbocycles. The number of H-pyrrole nitrogens is 1. The van der Waals surface area contributed by atoms with Crippen molar-refractivity contribution in [2.24, 2.45) is 0 Å². The molecule has 1 N–H and O–H groups in total. The van der Waals surface area contributed by atoms with Crippen LogP contribution < -0.4 is 10.5 Å². The number of nitrogens with zero attached hydrogens (tertiary/aromatic N) is 3. The van der Waals surface area contributed by atoms with Crippen molar-refractivity contribution in [3.63, 3.8) is 0 Å². The summed E-state index contributed by atoms with van der Waals surface area (Å²) in [6, 6.07) is 5.29. The van der Waals surface area contributed by atoms with Gasteiger partial charge in [0.1, 0.15) is 0 Å². The van der Waals surface area contributed by atoms with Crippen molar-refractivity contribution < 1.29 is 0 Å². The van der Waals surface area contributed by atoms with Crippen LogP contribution in [0.1, 0.15) is 0 Å². The Morgan fingerprint density at radius 3 is 2.74 bits per heavy atom. The summed E-state index contributed by atoms with van der Waals surface area (Å²) in [6.45, 7) is 3.51. The Bertz CT molecular complexity index is 661. The van der Waals surface area contributed by atoms with Crippen molar-refractivity contribution in [2.75, 3.05) is 38.1 Å². The summed E-state index contributed by atoms with van der Waals surface area (Å²) in [4.78, 5) is 23.7. The number of hydrogen-bond donors (Lipinski definition) is 1. The smallest absolute Gasteiger partial charge is 0.291 e. The van der Waals surface area contributed by atoms with E-state index in [1.54, 1.807) is 18.2 Å². The molecule has 100 valence electrons. The number of benzene rings is 1. The molecule has 19 heavy (non-hydrogen) atoms. The summed E-state index contributed by atoms with van der Waals surface area (Å²) in [5.41, 5.74) is 1.30. The molecule has 5 nitrogen and oxygen atoms in total. The zero-order chi connectivity index (χ0) is 13.4. The van der Waals surface area contributed by atoms with Crippen LogP contribution in [0.25, 0.3) is 11.0 Å². The molecule has 1 aliphatic heterocycles. The van der Waals surface area contributed by atoms with E-state index in [1.165, 1.54) is 0 Å². The van der Waals surface area contributed by atoms with Crippen molar-refractivity contribution >= 4 is 28.5 Å². The Kier molecular flexibility index (Phi) is 3.16. The van der Waals surface area contributed by atoms with Gasteiger partial charge in [-0.15, -0.1) is 0 Å². The highest BCUT2D eigenvalue weighted by molar-refractivity contribution is 6.31. The van der Waals surface area contributed by atoms with Gasteiger partial charge in [-0.1, -0.05) is 11.6 Å². The van der Waals surface area contributed by atoms with Crippen LogP contribution in [-0.2, 0) is 0 Å². The fraction of sp³-hybridized carbons (Fsp3) is 0.385. The maximum absolute atomic E-state index is 12.1. The van der Waals surface area contributed by atoms with Crippen LogP contribution in [0.5, 0.6) is 0 Å². The van der Waals surface area contributed by atoms with E-state index < -0.39 is 0 Å². The molecule has 0 aliphatic carbocycles. The molecule has 2 aromatic rings. The first kappa shape index (κ1) is 12.4. The molecule has 3 rings (SSSR count). The van der Waals surface area contributed by atoms with Gasteiger partial charge in [0.05, 0.1) is 11.0 Å². The van der Waals surface area contributed by atoms with Crippen LogP contribution in [0.4, 0.5) is 5.82 Å². The van der Waals surface area contributed by atoms with E-state index in [9.17, 15) is 4.79 Å². The van der Waals surface area contributed by atoms with Gasteiger partial charge in [-0.25, -0.2) is 4.98 Å². The molecule has 0 radical (unpaired) electrons. The lowest BCUT2D eigenvalue weighted by atomic mass is 10.3. The number of likely N-dealkylation sites (N-methyl/N-ethyl adjacent to an activating group) is 1. The monoisotopic (exact) mass is 278 g/mol. The molecular weight excluding hydrogens is 264 g/mol. The summed E-state index contributed by atoms with van der Waals surface area (Å²) in [7, 11) is 2.08. The van der Waals surface area contributed by atoms with E-state index in [2.05, 4.69) is 21.9 Å². The van der Waals surface area contributed by atoms with E-state index in [0.717, 1.165) is 31.7 Å². The molecule has 1 fully saturated rings. The fourth-order valence-electron chi connectivity index (χ4n) is 2.28. The molecule has 1 aromatic heterocycles. The van der Waals surface area contributed by atoms with Gasteiger partial charge in [-0.05, 0) is 25.2 Å². The van der Waals surface area contributed by atoms with Gasteiger partial charge in [0.15, 0.2) is 5.82 Å². The number of hydrogen-bond acceptors (Lipinski definition) is 4. The molecule has 0 unspecified atom stereocenters. The molecule has 1 aliphatic rings. The predicted octanol–water partition coefficient (Wildman–Crippen LogP) is 1.33. The molecule has 1 aromatic carbocycles. The predicted molar refractivity (Wildman–Crippen MR) is 77.1 cm³/mol. The zero-order valence-electron chi connectivity index (χ0n) is 10.7. The number of nitrogens with one attached hydrogen (secondary N) is 1. The molecule has 0 amide bonds. The lowest BCUT2D eigenvalue weighted by Gasteiger charge is -2.32. The molecule has 0 spiro atoms. The number of aromatic nitrogens is 2. The van der Waals surface area contributed by atoms with E-state index in [-0.39, 0.29) is 5.56 Å². The van der Waals surface area contributed by atoms with Gasteiger partial charge < -0.3 is 14.8 Å². The Hall–Kier alpha value is -1.59. The number of halogens is 1. The third-order valence-corrected chi connectivity index (χ3v) is 3.68. The summed E-state index contributed by atoms with van der Waals surface area (Å²) >= 11 is 5.96. The first-order valence-corrected chi connectivity index (χ1v) is 6.64. The average molecular weight is 279 g/mol. The van der Waals surface area contributed by atoms with Crippen LogP contribution in [0, 0.1) is 0 Å². The van der Waals surface area contributed by atoms with Crippen molar-refractivity contribution in [1.29, 1.82) is 0 Å². The Morgan fingerprint density at radius 2 is 2.00 bits per heavy atom. The largest absolute Gasteiger partial charge is 0.349 e. The van der Waals surface area contributed by atoms with Crippen LogP contribution in [0.15, 0.2) is 23.0 Å². The van der Waals surface area contributed by atoms with Crippen LogP contribution in [0.3, 0.4) is 0 Å². The molecule has 6 heteroatoms. The standard InChI is InChI=1S/C13H15ClN4O/c1-17-4-6-18(7-5-17)12-13(19)16-10-3-2-9(14)8-11(10)15-12/h2-3,8H,4-7H2,1H3,(H,16,19). The molecular formula is C13H15ClN4O. The zero-order valence-corrected chi connectivity index (χ0v) is 11.4. The summed E-state index contributed by atoms with van der Waals surface area (Å²) in [5, 5.41) is 0.622. The maximum atomic E-state index is 12.1. The van der Waals surface area contributed by atoms with Gasteiger partial charge in [0.2, 0.25) is 0 Å². The van der Waals surface area contributed by atoms with Crippen molar-refractivity contribution in [3.05, 3.63) is 33.6 Å². The van der Waals surface area contributed by atoms with Crippen LogP contribution in [-0.4, -0.2) is 48.1 Å². The highest BCUT2D eigenvalue weighted by Gasteiger charge is 2.18. The topological polar surface area (TPSA) is 52.2 Å². The van der Waals surface area contributed by atoms with E-state index in [4.69, 9.17) is 11.6 Å². The van der Waals surface area contributed by atoms with E-state index >= 15 is 0 Å². The van der Waals surface area contributed by atoms with Crippen LogP contribution in [0.2, 0.25) is 5.02 Å². The van der Waals surface area contributed by atoms with Crippen molar-refractivity contribution in [3.8, 4) is 0 Å². The lowest BCUT2D eigenvalue weighted by Crippen LogP contribution is -2.46. The Labute approximate surface area is 115 Å².